The number of likely N-dealkylation sites (tertiary alicyclic amines) is 1. The monoisotopic (exact) mass is 484 g/mol. The summed E-state index contributed by atoms with van der Waals surface area (Å²) >= 11 is 0. The largest absolute Gasteiger partial charge is 0.480 e. The van der Waals surface area contributed by atoms with Crippen molar-refractivity contribution in [3.8, 4) is 0 Å². The van der Waals surface area contributed by atoms with Crippen LogP contribution in [0.1, 0.15) is 50.7 Å². The number of hydrogen-bond acceptors (Lipinski definition) is 4. The van der Waals surface area contributed by atoms with Crippen LogP contribution in [0.5, 0.6) is 0 Å². The number of hydrogen-bond donors (Lipinski definition) is 2. The zero-order chi connectivity index (χ0) is 26.3. The maximum Gasteiger partial charge on any atom is 0.328 e. The third-order valence-electron chi connectivity index (χ3n) is 6.36. The molecule has 1 saturated heterocycles. The first-order valence-corrected chi connectivity index (χ1v) is 12.5. The highest BCUT2D eigenvalue weighted by Gasteiger charge is 2.31. The van der Waals surface area contributed by atoms with Crippen molar-refractivity contribution in [1.29, 1.82) is 0 Å². The second kappa shape index (κ2) is 12.3. The highest BCUT2D eigenvalue weighted by atomic mass is 16.4. The lowest BCUT2D eigenvalue weighted by Crippen LogP contribution is -2.39. The molecule has 4 rings (SSSR count). The molecule has 3 aromatic rings. The number of nitrogens with zero attached hydrogens (tertiary/aromatic N) is 2. The average molecular weight is 485 g/mol. The molecule has 1 fully saturated rings. The molecule has 2 N–H and O–H groups in total. The van der Waals surface area contributed by atoms with E-state index >= 15 is 0 Å². The van der Waals surface area contributed by atoms with Crippen molar-refractivity contribution in [1.82, 2.24) is 4.90 Å². The van der Waals surface area contributed by atoms with E-state index in [9.17, 15) is 14.7 Å². The molecule has 1 heterocycles. The molecule has 0 saturated carbocycles. The molecule has 0 radical (unpaired) electrons. The van der Waals surface area contributed by atoms with Gasteiger partial charge in [0.2, 0.25) is 5.91 Å². The molecule has 0 bridgehead atoms. The van der Waals surface area contributed by atoms with Crippen LogP contribution in [0.15, 0.2) is 89.9 Å². The highest BCUT2D eigenvalue weighted by Crippen LogP contribution is 2.25. The van der Waals surface area contributed by atoms with Gasteiger partial charge in [-0.3, -0.25) is 14.7 Å². The van der Waals surface area contributed by atoms with E-state index in [-0.39, 0.29) is 18.4 Å². The molecule has 2 atom stereocenters. The number of aliphatic imine (C=N–C) groups is 1. The molecule has 6 heteroatoms. The Hall–Kier alpha value is -3.77. The molecule has 1 aliphatic rings. The standard InChI is InChI=1S/C30H33N3O3/c1-2-12-26(30(35)36)31-28(23-15-7-4-8-16-23)24-17-9-10-18-25(24)32-29(34)27-19-11-20-33(27)21-22-13-5-3-6-14-22/h3-10,13-18,26-27H,2,11-12,19-21H2,1H3,(H,32,34)(H,35,36)/t26-,27-/m0/s1/i26D. The fourth-order valence-electron chi connectivity index (χ4n) is 4.60. The Morgan fingerprint density at radius 1 is 1.06 bits per heavy atom. The zero-order valence-electron chi connectivity index (χ0n) is 21.6. The molecule has 0 aromatic heterocycles. The topological polar surface area (TPSA) is 82.0 Å². The van der Waals surface area contributed by atoms with Gasteiger partial charge in [-0.1, -0.05) is 92.2 Å². The number of benzene rings is 3. The second-order valence-electron chi connectivity index (χ2n) is 8.98. The van der Waals surface area contributed by atoms with Crippen LogP contribution in [0.4, 0.5) is 5.69 Å². The van der Waals surface area contributed by atoms with Gasteiger partial charge in [0.1, 0.15) is 6.02 Å². The third-order valence-corrected chi connectivity index (χ3v) is 6.36. The molecule has 6 nitrogen and oxygen atoms in total. The fourth-order valence-corrected chi connectivity index (χ4v) is 4.60. The lowest BCUT2D eigenvalue weighted by atomic mass is 9.99. The third kappa shape index (κ3) is 6.26. The lowest BCUT2D eigenvalue weighted by Gasteiger charge is -2.24. The number of nitrogens with one attached hydrogen (secondary N) is 1. The van der Waals surface area contributed by atoms with E-state index in [0.717, 1.165) is 24.9 Å². The van der Waals surface area contributed by atoms with Crippen molar-refractivity contribution in [2.75, 3.05) is 11.9 Å². The van der Waals surface area contributed by atoms with Crippen molar-refractivity contribution >= 4 is 23.3 Å². The van der Waals surface area contributed by atoms with Crippen LogP contribution in [0.3, 0.4) is 0 Å². The summed E-state index contributed by atoms with van der Waals surface area (Å²) in [4.78, 5) is 32.3. The van der Waals surface area contributed by atoms with Crippen molar-refractivity contribution in [2.24, 2.45) is 4.99 Å². The van der Waals surface area contributed by atoms with Gasteiger partial charge >= 0.3 is 5.97 Å². The van der Waals surface area contributed by atoms with Gasteiger partial charge in [0.25, 0.3) is 0 Å². The van der Waals surface area contributed by atoms with E-state index in [1.807, 2.05) is 73.7 Å². The summed E-state index contributed by atoms with van der Waals surface area (Å²) in [7, 11) is 0. The summed E-state index contributed by atoms with van der Waals surface area (Å²) < 4.78 is 8.60. The van der Waals surface area contributed by atoms with Crippen LogP contribution in [-0.2, 0) is 16.1 Å². The van der Waals surface area contributed by atoms with E-state index in [0.29, 0.717) is 35.5 Å². The van der Waals surface area contributed by atoms with Crippen LogP contribution in [0, 0.1) is 0 Å². The molecule has 3 aromatic carbocycles. The van der Waals surface area contributed by atoms with Crippen LogP contribution in [-0.4, -0.2) is 46.2 Å². The Bertz CT molecular complexity index is 1250. The normalized spacial score (nSPS) is 18.3. The number of carboxylic acids is 1. The van der Waals surface area contributed by atoms with Gasteiger partial charge in [-0.25, -0.2) is 4.79 Å². The van der Waals surface area contributed by atoms with E-state index < -0.39 is 12.0 Å². The number of carbonyl (C=O) groups excluding carboxylic acids is 1. The van der Waals surface area contributed by atoms with Gasteiger partial charge in [0.15, 0.2) is 0 Å². The summed E-state index contributed by atoms with van der Waals surface area (Å²) in [5, 5.41) is 12.9. The molecule has 0 aliphatic carbocycles. The quantitative estimate of drug-likeness (QED) is 0.379. The Labute approximate surface area is 214 Å². The van der Waals surface area contributed by atoms with Crippen molar-refractivity contribution in [2.45, 2.75) is 51.2 Å². The van der Waals surface area contributed by atoms with Gasteiger partial charge in [0, 0.05) is 17.7 Å². The number of anilines is 1. The number of amides is 1. The molecule has 0 unspecified atom stereocenters. The van der Waals surface area contributed by atoms with Gasteiger partial charge in [-0.05, 0) is 37.4 Å². The minimum Gasteiger partial charge on any atom is -0.480 e. The Morgan fingerprint density at radius 3 is 2.42 bits per heavy atom. The average Bonchev–Trinajstić information content (AvgIpc) is 3.37. The molecular weight excluding hydrogens is 450 g/mol. The summed E-state index contributed by atoms with van der Waals surface area (Å²) in [5.74, 6) is -1.40. The van der Waals surface area contributed by atoms with E-state index in [1.54, 1.807) is 6.07 Å². The number of carbonyl (C=O) groups is 2. The van der Waals surface area contributed by atoms with Gasteiger partial charge in [0.05, 0.1) is 18.8 Å². The number of carboxylic acid groups (broad SMARTS) is 1. The van der Waals surface area contributed by atoms with Crippen LogP contribution in [0.2, 0.25) is 0 Å². The smallest absolute Gasteiger partial charge is 0.328 e. The van der Waals surface area contributed by atoms with Crippen LogP contribution < -0.4 is 5.32 Å². The number of aliphatic carboxylic acids is 1. The van der Waals surface area contributed by atoms with E-state index in [4.69, 9.17) is 1.37 Å². The number of rotatable bonds is 10. The first kappa shape index (κ1) is 23.9. The first-order chi connectivity index (χ1) is 17.9. The predicted octanol–water partition coefficient (Wildman–Crippen LogP) is 5.38. The molecule has 36 heavy (non-hydrogen) atoms. The van der Waals surface area contributed by atoms with Gasteiger partial charge in [-0.2, -0.15) is 0 Å². The van der Waals surface area contributed by atoms with Gasteiger partial charge < -0.3 is 10.4 Å². The van der Waals surface area contributed by atoms with Crippen molar-refractivity contribution in [3.05, 3.63) is 102 Å². The van der Waals surface area contributed by atoms with Gasteiger partial charge in [-0.15, -0.1) is 0 Å². The molecule has 186 valence electrons. The Morgan fingerprint density at radius 2 is 1.72 bits per heavy atom. The lowest BCUT2D eigenvalue weighted by molar-refractivity contribution is -0.138. The zero-order valence-corrected chi connectivity index (χ0v) is 20.6. The van der Waals surface area contributed by atoms with Crippen LogP contribution in [0.25, 0.3) is 0 Å². The predicted molar refractivity (Wildman–Crippen MR) is 143 cm³/mol. The fraction of sp³-hybridized carbons (Fsp3) is 0.300. The molecule has 1 aliphatic heterocycles. The van der Waals surface area contributed by atoms with E-state index in [1.165, 1.54) is 0 Å². The van der Waals surface area contributed by atoms with Crippen LogP contribution >= 0.6 is 0 Å². The summed E-state index contributed by atoms with van der Waals surface area (Å²) in [5.41, 5.74) is 3.35. The highest BCUT2D eigenvalue weighted by molar-refractivity contribution is 6.17. The Kier molecular flexibility index (Phi) is 8.16. The second-order valence-corrected chi connectivity index (χ2v) is 8.98. The SMILES string of the molecule is [2H][C@@](CCC)(N=C(c1ccccc1)c1ccccc1NC(=O)[C@@H]1CCCN1Cc1ccccc1)C(=O)O. The van der Waals surface area contributed by atoms with E-state index in [2.05, 4.69) is 27.3 Å². The molecule has 0 spiro atoms. The first-order valence-electron chi connectivity index (χ1n) is 13.0. The summed E-state index contributed by atoms with van der Waals surface area (Å²) in [6, 6.07) is 24.3. The minimum atomic E-state index is -2.03. The summed E-state index contributed by atoms with van der Waals surface area (Å²) in [6.45, 7) is 3.39. The number of para-hydroxylation sites is 1. The maximum atomic E-state index is 13.5. The minimum absolute atomic E-state index is 0.0731. The Balaban J connectivity index is 1.67. The molecular formula is C30H33N3O3. The summed E-state index contributed by atoms with van der Waals surface area (Å²) in [6.07, 6.45) is 2.29. The maximum absolute atomic E-state index is 13.5. The molecule has 1 amide bonds. The van der Waals surface area contributed by atoms with Crippen molar-refractivity contribution in [3.63, 3.8) is 0 Å². The van der Waals surface area contributed by atoms with Crippen molar-refractivity contribution < 1.29 is 16.1 Å².